The maximum absolute atomic E-state index is 11.9. The van der Waals surface area contributed by atoms with Crippen LogP contribution in [0.25, 0.3) is 0 Å². The molecule has 1 aliphatic carbocycles. The highest BCUT2D eigenvalue weighted by molar-refractivity contribution is 6.09. The quantitative estimate of drug-likeness (QED) is 0.382. The highest BCUT2D eigenvalue weighted by atomic mass is 16.6. The molecule has 0 aromatic heterocycles. The van der Waals surface area contributed by atoms with E-state index in [0.29, 0.717) is 0 Å². The Bertz CT molecular complexity index is 398. The third kappa shape index (κ3) is 0.947. The summed E-state index contributed by atoms with van der Waals surface area (Å²) in [5.74, 6) is -2.77. The van der Waals surface area contributed by atoms with Gasteiger partial charge in [-0.3, -0.25) is 14.4 Å². The van der Waals surface area contributed by atoms with Gasteiger partial charge in [0.05, 0.1) is 20.1 Å². The van der Waals surface area contributed by atoms with Crippen LogP contribution in [-0.4, -0.2) is 37.7 Å². The first kappa shape index (κ1) is 11.9. The maximum Gasteiger partial charge on any atom is 0.327 e. The Labute approximate surface area is 98.2 Å². The van der Waals surface area contributed by atoms with Crippen LogP contribution in [0.1, 0.15) is 13.8 Å². The van der Waals surface area contributed by atoms with Gasteiger partial charge in [0, 0.05) is 5.92 Å². The third-order valence-corrected chi connectivity index (χ3v) is 4.11. The second-order valence-corrected chi connectivity index (χ2v) is 4.45. The fourth-order valence-corrected chi connectivity index (χ4v) is 3.08. The van der Waals surface area contributed by atoms with Crippen molar-refractivity contribution < 1.29 is 28.6 Å². The monoisotopic (exact) mass is 242 g/mol. The highest BCUT2D eigenvalue weighted by Crippen LogP contribution is 2.72. The Morgan fingerprint density at radius 3 is 1.94 bits per heavy atom. The van der Waals surface area contributed by atoms with Gasteiger partial charge >= 0.3 is 17.9 Å². The van der Waals surface area contributed by atoms with E-state index in [9.17, 15) is 14.4 Å². The van der Waals surface area contributed by atoms with E-state index in [0.717, 1.165) is 0 Å². The van der Waals surface area contributed by atoms with E-state index in [-0.39, 0.29) is 0 Å². The van der Waals surface area contributed by atoms with Crippen LogP contribution >= 0.6 is 0 Å². The molecule has 0 radical (unpaired) electrons. The Hall–Kier alpha value is -1.59. The summed E-state index contributed by atoms with van der Waals surface area (Å²) in [5.41, 5.74) is -2.58. The standard InChI is InChI=1S/C11H14O6/c1-5-7(12)17-11(5)6(2)10(11,8(13)15-3)9(14)16-4/h5-6H,1-4H3/t5-,6+,11+/m0/s1. The van der Waals surface area contributed by atoms with Crippen LogP contribution in [0.4, 0.5) is 0 Å². The molecule has 94 valence electrons. The lowest BCUT2D eigenvalue weighted by molar-refractivity contribution is -0.201. The summed E-state index contributed by atoms with van der Waals surface area (Å²) in [5, 5.41) is 0. The molecule has 1 saturated heterocycles. The van der Waals surface area contributed by atoms with Crippen molar-refractivity contribution in [1.82, 2.24) is 0 Å². The van der Waals surface area contributed by atoms with E-state index in [1.165, 1.54) is 14.2 Å². The molecule has 0 aromatic rings. The van der Waals surface area contributed by atoms with Crippen molar-refractivity contribution in [3.63, 3.8) is 0 Å². The van der Waals surface area contributed by atoms with E-state index in [2.05, 4.69) is 9.47 Å². The summed E-state index contributed by atoms with van der Waals surface area (Å²) in [6, 6.07) is 0. The predicted molar refractivity (Wildman–Crippen MR) is 53.6 cm³/mol. The first-order valence-electron chi connectivity index (χ1n) is 5.30. The van der Waals surface area contributed by atoms with Crippen LogP contribution in [0.5, 0.6) is 0 Å². The molecule has 1 aliphatic heterocycles. The van der Waals surface area contributed by atoms with Crippen LogP contribution < -0.4 is 0 Å². The van der Waals surface area contributed by atoms with Crippen molar-refractivity contribution in [1.29, 1.82) is 0 Å². The van der Waals surface area contributed by atoms with Gasteiger partial charge in [-0.25, -0.2) is 0 Å². The van der Waals surface area contributed by atoms with Gasteiger partial charge in [0.25, 0.3) is 0 Å². The van der Waals surface area contributed by atoms with Crippen molar-refractivity contribution in [2.75, 3.05) is 14.2 Å². The number of carbonyl (C=O) groups is 3. The van der Waals surface area contributed by atoms with Gasteiger partial charge in [-0.15, -0.1) is 0 Å². The van der Waals surface area contributed by atoms with Crippen molar-refractivity contribution in [2.45, 2.75) is 19.4 Å². The lowest BCUT2D eigenvalue weighted by atomic mass is 9.87. The summed E-state index contributed by atoms with van der Waals surface area (Å²) in [6.07, 6.45) is 0. The van der Waals surface area contributed by atoms with Crippen LogP contribution in [0.2, 0.25) is 0 Å². The van der Waals surface area contributed by atoms with Gasteiger partial charge in [-0.05, 0) is 6.92 Å². The molecule has 3 atom stereocenters. The Kier molecular flexibility index (Phi) is 2.24. The number of esters is 3. The second kappa shape index (κ2) is 3.21. The molecule has 0 bridgehead atoms. The van der Waals surface area contributed by atoms with E-state index in [4.69, 9.17) is 4.74 Å². The molecular weight excluding hydrogens is 228 g/mol. The summed E-state index contributed by atoms with van der Waals surface area (Å²) < 4.78 is 14.4. The van der Waals surface area contributed by atoms with E-state index >= 15 is 0 Å². The number of carbonyl (C=O) groups excluding carboxylic acids is 3. The zero-order valence-corrected chi connectivity index (χ0v) is 10.1. The molecule has 0 unspecified atom stereocenters. The molecule has 1 saturated carbocycles. The van der Waals surface area contributed by atoms with Crippen LogP contribution in [0, 0.1) is 17.3 Å². The number of rotatable bonds is 2. The average molecular weight is 242 g/mol. The zero-order chi connectivity index (χ0) is 13.0. The maximum atomic E-state index is 11.9. The topological polar surface area (TPSA) is 78.9 Å². The fourth-order valence-electron chi connectivity index (χ4n) is 3.08. The molecule has 2 fully saturated rings. The van der Waals surface area contributed by atoms with Gasteiger partial charge in [-0.1, -0.05) is 6.92 Å². The molecule has 6 heteroatoms. The van der Waals surface area contributed by atoms with Crippen molar-refractivity contribution in [3.05, 3.63) is 0 Å². The number of hydrogen-bond donors (Lipinski definition) is 0. The Balaban J connectivity index is 2.43. The van der Waals surface area contributed by atoms with Crippen molar-refractivity contribution in [2.24, 2.45) is 17.3 Å². The van der Waals surface area contributed by atoms with Gasteiger partial charge in [0.15, 0.2) is 5.60 Å². The first-order chi connectivity index (χ1) is 7.91. The van der Waals surface area contributed by atoms with Gasteiger partial charge < -0.3 is 14.2 Å². The summed E-state index contributed by atoms with van der Waals surface area (Å²) in [7, 11) is 2.38. The Morgan fingerprint density at radius 1 is 1.18 bits per heavy atom. The smallest absolute Gasteiger partial charge is 0.327 e. The largest absolute Gasteiger partial charge is 0.468 e. The molecule has 1 spiro atoms. The molecule has 2 aliphatic rings. The van der Waals surface area contributed by atoms with Gasteiger partial charge in [0.2, 0.25) is 5.41 Å². The van der Waals surface area contributed by atoms with Crippen LogP contribution in [0.15, 0.2) is 0 Å². The second-order valence-electron chi connectivity index (χ2n) is 4.45. The van der Waals surface area contributed by atoms with Crippen molar-refractivity contribution in [3.8, 4) is 0 Å². The zero-order valence-electron chi connectivity index (χ0n) is 10.1. The summed E-state index contributed by atoms with van der Waals surface area (Å²) in [4.78, 5) is 34.9. The SMILES string of the molecule is COC(=O)C1(C(=O)OC)[C@@H](C)[C@@]12OC(=O)[C@@H]2C. The average Bonchev–Trinajstić information content (AvgIpc) is 2.91. The molecule has 2 rings (SSSR count). The van der Waals surface area contributed by atoms with Crippen LogP contribution in [-0.2, 0) is 28.6 Å². The van der Waals surface area contributed by atoms with E-state index in [1.54, 1.807) is 13.8 Å². The van der Waals surface area contributed by atoms with Gasteiger partial charge in [-0.2, -0.15) is 0 Å². The molecule has 0 aromatic carbocycles. The fraction of sp³-hybridized carbons (Fsp3) is 0.727. The molecule has 0 N–H and O–H groups in total. The van der Waals surface area contributed by atoms with E-state index < -0.39 is 40.8 Å². The molecular formula is C11H14O6. The predicted octanol–water partition coefficient (Wildman–Crippen LogP) is -0.0998. The lowest BCUT2D eigenvalue weighted by Gasteiger charge is -2.36. The van der Waals surface area contributed by atoms with E-state index in [1.807, 2.05) is 0 Å². The number of ether oxygens (including phenoxy) is 3. The molecule has 1 heterocycles. The summed E-state index contributed by atoms with van der Waals surface area (Å²) in [6.45, 7) is 3.31. The number of hydrogen-bond acceptors (Lipinski definition) is 6. The van der Waals surface area contributed by atoms with Crippen molar-refractivity contribution >= 4 is 17.9 Å². The minimum atomic E-state index is -1.50. The molecule has 0 amide bonds. The summed E-state index contributed by atoms with van der Waals surface area (Å²) >= 11 is 0. The molecule has 6 nitrogen and oxygen atoms in total. The first-order valence-corrected chi connectivity index (χ1v) is 5.30. The normalized spacial score (nSPS) is 36.8. The minimum absolute atomic E-state index is 0.411. The Morgan fingerprint density at radius 2 is 1.65 bits per heavy atom. The van der Waals surface area contributed by atoms with Crippen LogP contribution in [0.3, 0.4) is 0 Å². The third-order valence-electron chi connectivity index (χ3n) is 4.11. The lowest BCUT2D eigenvalue weighted by Crippen LogP contribution is -2.54. The minimum Gasteiger partial charge on any atom is -0.468 e. The molecule has 17 heavy (non-hydrogen) atoms. The van der Waals surface area contributed by atoms with Gasteiger partial charge in [0.1, 0.15) is 0 Å². The highest BCUT2D eigenvalue weighted by Gasteiger charge is 2.93. The number of methoxy groups -OCH3 is 2.